The number of nitrogens with one attached hydrogen (secondary N) is 2. The smallest absolute Gasteiger partial charge is 0.286 e. The number of carbonyl (C=O) groups excluding carboxylic acids is 1. The maximum atomic E-state index is 15.3. The number of halogens is 3. The van der Waals surface area contributed by atoms with Gasteiger partial charge in [-0.2, -0.15) is 0 Å². The highest BCUT2D eigenvalue weighted by molar-refractivity contribution is 7.88. The quantitative estimate of drug-likeness (QED) is 0.411. The van der Waals surface area contributed by atoms with Gasteiger partial charge in [-0.1, -0.05) is 12.1 Å². The van der Waals surface area contributed by atoms with Gasteiger partial charge >= 0.3 is 0 Å². The summed E-state index contributed by atoms with van der Waals surface area (Å²) in [6, 6.07) is 1.80. The van der Waals surface area contributed by atoms with E-state index in [1.54, 1.807) is 13.0 Å². The molecule has 1 unspecified atom stereocenters. The summed E-state index contributed by atoms with van der Waals surface area (Å²) in [6.07, 6.45) is 5.43. The van der Waals surface area contributed by atoms with Gasteiger partial charge in [0.2, 0.25) is 5.91 Å². The first-order valence-corrected chi connectivity index (χ1v) is 12.6. The van der Waals surface area contributed by atoms with Crippen LogP contribution in [0.4, 0.5) is 13.2 Å². The van der Waals surface area contributed by atoms with Crippen LogP contribution in [-0.2, 0) is 22.6 Å². The van der Waals surface area contributed by atoms with Crippen molar-refractivity contribution in [2.75, 3.05) is 12.8 Å². The van der Waals surface area contributed by atoms with Crippen LogP contribution in [-0.4, -0.2) is 51.9 Å². The Morgan fingerprint density at radius 2 is 2.12 bits per heavy atom. The van der Waals surface area contributed by atoms with Crippen molar-refractivity contribution in [1.82, 2.24) is 9.62 Å². The predicted octanol–water partition coefficient (Wildman–Crippen LogP) is 2.89. The van der Waals surface area contributed by atoms with Gasteiger partial charge in [0.15, 0.2) is 0 Å². The van der Waals surface area contributed by atoms with Crippen LogP contribution in [0, 0.1) is 22.6 Å². The lowest BCUT2D eigenvalue weighted by Crippen LogP contribution is -2.54. The van der Waals surface area contributed by atoms with Crippen molar-refractivity contribution >= 4 is 23.0 Å². The molecule has 10 heteroatoms. The summed E-state index contributed by atoms with van der Waals surface area (Å²) in [7, 11) is 0. The number of likely N-dealkylation sites (tertiary alicyclic amines) is 1. The Balaban J connectivity index is 1.68. The number of nitrogens with two attached hydrogens (primary N) is 1. The summed E-state index contributed by atoms with van der Waals surface area (Å²) in [4.78, 5) is 14.6. The number of carbonyl (C=O) groups is 1. The summed E-state index contributed by atoms with van der Waals surface area (Å²) in [5, 5.41) is 8.10. The third-order valence-electron chi connectivity index (χ3n) is 7.19. The second-order valence-corrected chi connectivity index (χ2v) is 10.8. The number of hydrogen-bond donors (Lipinski definition) is 3. The molecule has 4 fully saturated rings. The number of nitrogens with zero attached hydrogens (tertiary/aromatic N) is 1. The predicted molar refractivity (Wildman–Crippen MR) is 121 cm³/mol. The van der Waals surface area contributed by atoms with Crippen molar-refractivity contribution in [2.24, 2.45) is 17.1 Å². The van der Waals surface area contributed by atoms with E-state index in [4.69, 9.17) is 11.1 Å². The van der Waals surface area contributed by atoms with Crippen molar-refractivity contribution in [3.05, 3.63) is 46.9 Å². The first-order chi connectivity index (χ1) is 15.4. The highest BCUT2D eigenvalue weighted by Crippen LogP contribution is 2.60. The molecule has 1 saturated heterocycles. The number of alkyl halides is 2. The molecule has 0 radical (unpaired) electrons. The fourth-order valence-corrected chi connectivity index (χ4v) is 6.38. The van der Waals surface area contributed by atoms with Crippen LogP contribution in [0.2, 0.25) is 0 Å². The average molecular weight is 483 g/mol. The molecular weight excluding hydrogens is 453 g/mol. The van der Waals surface area contributed by atoms with Gasteiger partial charge in [0.1, 0.15) is 18.1 Å². The minimum atomic E-state index is -3.31. The van der Waals surface area contributed by atoms with Gasteiger partial charge in [-0.3, -0.25) is 4.79 Å². The lowest BCUT2D eigenvalue weighted by atomic mass is 9.68. The maximum absolute atomic E-state index is 15.3. The summed E-state index contributed by atoms with van der Waals surface area (Å²) >= 11 is -1.75. The summed E-state index contributed by atoms with van der Waals surface area (Å²) < 4.78 is 59.7. The largest absolute Gasteiger partial charge is 0.598 e. The van der Waals surface area contributed by atoms with Crippen molar-refractivity contribution in [3.8, 4) is 0 Å². The Hall–Kier alpha value is -2.04. The van der Waals surface area contributed by atoms with E-state index < -0.39 is 47.1 Å². The second-order valence-electron chi connectivity index (χ2n) is 9.69. The lowest BCUT2D eigenvalue weighted by Gasteiger charge is -2.41. The van der Waals surface area contributed by atoms with Gasteiger partial charge in [-0.25, -0.2) is 13.2 Å². The van der Waals surface area contributed by atoms with Crippen LogP contribution >= 0.6 is 0 Å². The maximum Gasteiger partial charge on any atom is 0.286 e. The van der Waals surface area contributed by atoms with Gasteiger partial charge < -0.3 is 20.6 Å². The Morgan fingerprint density at radius 1 is 1.42 bits per heavy atom. The molecule has 4 N–H and O–H groups in total. The molecule has 0 spiro atoms. The van der Waals surface area contributed by atoms with E-state index in [1.807, 2.05) is 0 Å². The Kier molecular flexibility index (Phi) is 6.30. The Bertz CT molecular complexity index is 984. The highest BCUT2D eigenvalue weighted by Gasteiger charge is 2.63. The molecule has 1 aromatic rings. The number of amides is 1. The van der Waals surface area contributed by atoms with Crippen molar-refractivity contribution in [2.45, 2.75) is 57.0 Å². The minimum Gasteiger partial charge on any atom is -0.598 e. The lowest BCUT2D eigenvalue weighted by molar-refractivity contribution is -0.148. The Labute approximate surface area is 194 Å². The van der Waals surface area contributed by atoms with Gasteiger partial charge in [-0.05, 0) is 62.7 Å². The van der Waals surface area contributed by atoms with Crippen LogP contribution in [0.3, 0.4) is 0 Å². The fraction of sp³-hybridized carbons (Fsp3) is 0.565. The summed E-state index contributed by atoms with van der Waals surface area (Å²) in [5.41, 5.74) is 5.33. The van der Waals surface area contributed by atoms with E-state index in [0.29, 0.717) is 30.9 Å². The highest BCUT2D eigenvalue weighted by atomic mass is 32.2. The second kappa shape index (κ2) is 8.63. The van der Waals surface area contributed by atoms with Gasteiger partial charge in [-0.15, -0.1) is 4.72 Å². The van der Waals surface area contributed by atoms with E-state index in [1.165, 1.54) is 29.4 Å². The molecule has 4 aliphatic rings. The molecule has 1 heterocycles. The van der Waals surface area contributed by atoms with Crippen LogP contribution in [0.5, 0.6) is 0 Å². The molecule has 6 nitrogen and oxygen atoms in total. The minimum absolute atomic E-state index is 0.000248. The number of allylic oxidation sites excluding steroid dienone is 2. The topological polar surface area (TPSA) is 105 Å². The van der Waals surface area contributed by atoms with E-state index >= 15 is 13.2 Å². The van der Waals surface area contributed by atoms with E-state index in [-0.39, 0.29) is 29.2 Å². The summed E-state index contributed by atoms with van der Waals surface area (Å²) in [5.74, 6) is -3.85. The fourth-order valence-electron chi connectivity index (χ4n) is 5.69. The SMILES string of the molecule is C/C(N)=C/C(=N)c1cccc(C[C@H]2[C@@H](N[S+](C)[O-])C(F)(F)CN2C(=O)C23CCC(C2)C3)c1F. The zero-order valence-corrected chi connectivity index (χ0v) is 19.5. The molecule has 3 aliphatic carbocycles. The van der Waals surface area contributed by atoms with E-state index in [2.05, 4.69) is 4.72 Å². The van der Waals surface area contributed by atoms with Crippen molar-refractivity contribution < 1.29 is 22.5 Å². The Morgan fingerprint density at radius 3 is 2.70 bits per heavy atom. The van der Waals surface area contributed by atoms with Crippen LogP contribution in [0.1, 0.15) is 43.7 Å². The molecule has 1 amide bonds. The zero-order valence-electron chi connectivity index (χ0n) is 18.7. The van der Waals surface area contributed by atoms with E-state index in [0.717, 1.165) is 6.42 Å². The van der Waals surface area contributed by atoms with Crippen molar-refractivity contribution in [1.29, 1.82) is 5.41 Å². The van der Waals surface area contributed by atoms with Gasteiger partial charge in [0, 0.05) is 28.0 Å². The molecular formula is C23H29F3N4O2S. The molecule has 1 aliphatic heterocycles. The molecule has 3 saturated carbocycles. The molecule has 2 bridgehead atoms. The monoisotopic (exact) mass is 482 g/mol. The first-order valence-electron chi connectivity index (χ1n) is 11.0. The summed E-state index contributed by atoms with van der Waals surface area (Å²) in [6.45, 7) is 0.791. The van der Waals surface area contributed by atoms with Crippen LogP contribution < -0.4 is 10.5 Å². The van der Waals surface area contributed by atoms with Gasteiger partial charge in [0.25, 0.3) is 5.92 Å². The molecule has 0 aromatic heterocycles. The number of fused-ring (bicyclic) bond motifs is 1. The zero-order chi connectivity index (χ0) is 24.1. The van der Waals surface area contributed by atoms with Crippen molar-refractivity contribution in [3.63, 3.8) is 0 Å². The van der Waals surface area contributed by atoms with Crippen LogP contribution in [0.25, 0.3) is 0 Å². The molecule has 5 rings (SSSR count). The molecule has 180 valence electrons. The third kappa shape index (κ3) is 4.40. The number of rotatable bonds is 7. The average Bonchev–Trinajstić information content (AvgIpc) is 3.36. The molecule has 33 heavy (non-hydrogen) atoms. The molecule has 1 aromatic carbocycles. The van der Waals surface area contributed by atoms with Crippen LogP contribution in [0.15, 0.2) is 30.0 Å². The standard InChI is InChI=1S/C23H29F3N4O2S/c1-13(27)8-17(28)16-5-3-4-15(19(16)24)9-18-20(29-33(2)32)23(25,26)12-30(18)21(31)22-7-6-14(10-22)11-22/h3-5,8,14,18,20,28-29H,6-7,9-12,27H2,1-2H3/b13-8-,28-17?/t14?,18-,20+,22?,33?/m0/s1. The normalized spacial score (nSPS) is 31.4. The number of benzene rings is 1. The first kappa shape index (κ1) is 24.1. The number of hydrogen-bond acceptors (Lipinski definition) is 5. The third-order valence-corrected chi connectivity index (χ3v) is 7.77. The van der Waals surface area contributed by atoms with E-state index in [9.17, 15) is 9.35 Å². The van der Waals surface area contributed by atoms with Gasteiger partial charge in [0.05, 0.1) is 18.3 Å². The molecule has 3 atom stereocenters.